The van der Waals surface area contributed by atoms with Crippen molar-refractivity contribution in [3.05, 3.63) is 29.8 Å². The van der Waals surface area contributed by atoms with Gasteiger partial charge in [-0.15, -0.1) is 0 Å². The van der Waals surface area contributed by atoms with Gasteiger partial charge in [-0.25, -0.2) is 0 Å². The van der Waals surface area contributed by atoms with Crippen molar-refractivity contribution in [2.24, 2.45) is 5.73 Å². The Morgan fingerprint density at radius 3 is 2.17 bits per heavy atom. The highest BCUT2D eigenvalue weighted by Crippen LogP contribution is 2.40. The molecule has 0 fully saturated rings. The molecule has 0 aliphatic heterocycles. The van der Waals surface area contributed by atoms with Crippen LogP contribution < -0.4 is 10.5 Å². The van der Waals surface area contributed by atoms with Crippen LogP contribution in [-0.2, 0) is 5.54 Å². The number of nitrogens with two attached hydrogens (primary N) is 1. The van der Waals surface area contributed by atoms with E-state index in [1.807, 2.05) is 0 Å². The van der Waals surface area contributed by atoms with Crippen LogP contribution >= 0.6 is 0 Å². The van der Waals surface area contributed by atoms with Crippen LogP contribution in [0.4, 0.5) is 13.2 Å². The zero-order chi connectivity index (χ0) is 13.8. The summed E-state index contributed by atoms with van der Waals surface area (Å²) in [5, 5.41) is 8.68. The average molecular weight is 263 g/mol. The molecule has 6 heteroatoms. The lowest BCUT2D eigenvalue weighted by molar-refractivity contribution is -0.192. The highest BCUT2D eigenvalue weighted by atomic mass is 19.4. The molecule has 3 N–H and O–H groups in total. The van der Waals surface area contributed by atoms with E-state index in [2.05, 4.69) is 0 Å². The van der Waals surface area contributed by atoms with E-state index in [0.29, 0.717) is 5.75 Å². The van der Waals surface area contributed by atoms with Crippen LogP contribution in [0.25, 0.3) is 0 Å². The second-order valence-corrected chi connectivity index (χ2v) is 4.02. The van der Waals surface area contributed by atoms with E-state index in [0.717, 1.165) is 0 Å². The maximum Gasteiger partial charge on any atom is 0.410 e. The Morgan fingerprint density at radius 2 is 1.78 bits per heavy atom. The molecular formula is C12H16F3NO2. The van der Waals surface area contributed by atoms with Gasteiger partial charge in [0, 0.05) is 6.61 Å². The molecule has 3 nitrogen and oxygen atoms in total. The number of benzene rings is 1. The molecule has 0 spiro atoms. The van der Waals surface area contributed by atoms with Crippen molar-refractivity contribution < 1.29 is 23.0 Å². The van der Waals surface area contributed by atoms with Gasteiger partial charge in [0.25, 0.3) is 0 Å². The minimum Gasteiger partial charge on any atom is -0.497 e. The van der Waals surface area contributed by atoms with Gasteiger partial charge in [0.05, 0.1) is 7.11 Å². The molecule has 0 bridgehead atoms. The summed E-state index contributed by atoms with van der Waals surface area (Å²) in [6, 6.07) is 5.46. The van der Waals surface area contributed by atoms with Gasteiger partial charge >= 0.3 is 6.18 Å². The van der Waals surface area contributed by atoms with Crippen LogP contribution in [0, 0.1) is 0 Å². The number of hydrogen-bond acceptors (Lipinski definition) is 3. The third-order valence-corrected chi connectivity index (χ3v) is 2.84. The van der Waals surface area contributed by atoms with Gasteiger partial charge in [-0.3, -0.25) is 0 Å². The van der Waals surface area contributed by atoms with E-state index >= 15 is 0 Å². The molecule has 0 aliphatic rings. The summed E-state index contributed by atoms with van der Waals surface area (Å²) in [7, 11) is 1.43. The van der Waals surface area contributed by atoms with Crippen molar-refractivity contribution in [1.29, 1.82) is 0 Å². The Bertz CT molecular complexity index is 378. The number of halogens is 3. The number of methoxy groups -OCH3 is 1. The molecule has 102 valence electrons. The van der Waals surface area contributed by atoms with Crippen molar-refractivity contribution in [1.82, 2.24) is 0 Å². The molecule has 1 rings (SSSR count). The molecule has 0 radical (unpaired) electrons. The lowest BCUT2D eigenvalue weighted by atomic mass is 9.85. The monoisotopic (exact) mass is 263 g/mol. The molecule has 1 aromatic carbocycles. The molecule has 0 saturated heterocycles. The first kappa shape index (κ1) is 14.8. The second-order valence-electron chi connectivity index (χ2n) is 4.02. The van der Waals surface area contributed by atoms with E-state index in [1.54, 1.807) is 0 Å². The van der Waals surface area contributed by atoms with Crippen LogP contribution in [0.15, 0.2) is 24.3 Å². The predicted molar refractivity (Wildman–Crippen MR) is 61.2 cm³/mol. The third-order valence-electron chi connectivity index (χ3n) is 2.84. The van der Waals surface area contributed by atoms with Crippen molar-refractivity contribution in [3.8, 4) is 5.75 Å². The lowest BCUT2D eigenvalue weighted by Gasteiger charge is -2.32. The molecule has 0 amide bonds. The van der Waals surface area contributed by atoms with E-state index in [1.165, 1.54) is 31.4 Å². The highest BCUT2D eigenvalue weighted by Gasteiger charge is 2.52. The summed E-state index contributed by atoms with van der Waals surface area (Å²) in [5.74, 6) is 0.463. The topological polar surface area (TPSA) is 55.5 Å². The van der Waals surface area contributed by atoms with Gasteiger partial charge in [-0.2, -0.15) is 13.2 Å². The highest BCUT2D eigenvalue weighted by molar-refractivity contribution is 5.32. The molecule has 18 heavy (non-hydrogen) atoms. The van der Waals surface area contributed by atoms with Gasteiger partial charge in [-0.1, -0.05) is 12.1 Å². The van der Waals surface area contributed by atoms with Crippen molar-refractivity contribution in [3.63, 3.8) is 0 Å². The number of ether oxygens (including phenoxy) is 1. The Morgan fingerprint density at radius 1 is 1.22 bits per heavy atom. The fourth-order valence-corrected chi connectivity index (χ4v) is 1.70. The lowest BCUT2D eigenvalue weighted by Crippen LogP contribution is -2.50. The molecule has 0 saturated carbocycles. The molecule has 1 atom stereocenters. The first-order valence-electron chi connectivity index (χ1n) is 5.46. The molecular weight excluding hydrogens is 247 g/mol. The van der Waals surface area contributed by atoms with Crippen molar-refractivity contribution >= 4 is 0 Å². The van der Waals surface area contributed by atoms with Gasteiger partial charge in [0.15, 0.2) is 0 Å². The van der Waals surface area contributed by atoms with Crippen LogP contribution in [0.3, 0.4) is 0 Å². The zero-order valence-corrected chi connectivity index (χ0v) is 10.00. The Hall–Kier alpha value is -1.27. The van der Waals surface area contributed by atoms with Crippen LogP contribution in [0.5, 0.6) is 5.75 Å². The maximum atomic E-state index is 13.1. The van der Waals surface area contributed by atoms with Crippen molar-refractivity contribution in [2.45, 2.75) is 24.6 Å². The Kier molecular flexibility index (Phi) is 4.59. The Labute approximate surface area is 103 Å². The molecule has 1 aromatic rings. The summed E-state index contributed by atoms with van der Waals surface area (Å²) in [6.07, 6.45) is -4.95. The molecule has 0 aliphatic carbocycles. The maximum absolute atomic E-state index is 13.1. The molecule has 1 unspecified atom stereocenters. The van der Waals surface area contributed by atoms with E-state index in [-0.39, 0.29) is 25.0 Å². The van der Waals surface area contributed by atoms with Crippen LogP contribution in [0.1, 0.15) is 18.4 Å². The molecule has 0 aromatic heterocycles. The van der Waals surface area contributed by atoms with Crippen LogP contribution in [0.2, 0.25) is 0 Å². The van der Waals surface area contributed by atoms with Gasteiger partial charge < -0.3 is 15.6 Å². The SMILES string of the molecule is COc1ccc(C(N)(CCCO)C(F)(F)F)cc1. The fourth-order valence-electron chi connectivity index (χ4n) is 1.70. The minimum absolute atomic E-state index is 0.0119. The zero-order valence-electron chi connectivity index (χ0n) is 10.00. The normalized spacial score (nSPS) is 15.2. The predicted octanol–water partition coefficient (Wildman–Crippen LogP) is 2.18. The number of aliphatic hydroxyl groups excluding tert-OH is 1. The van der Waals surface area contributed by atoms with E-state index in [4.69, 9.17) is 15.6 Å². The van der Waals surface area contributed by atoms with E-state index in [9.17, 15) is 13.2 Å². The fraction of sp³-hybridized carbons (Fsp3) is 0.500. The summed E-state index contributed by atoms with van der Waals surface area (Å²) < 4.78 is 44.1. The van der Waals surface area contributed by atoms with Gasteiger partial charge in [0.1, 0.15) is 11.3 Å². The second kappa shape index (κ2) is 5.58. The number of hydrogen-bond donors (Lipinski definition) is 2. The molecule has 0 heterocycles. The Balaban J connectivity index is 3.08. The number of aliphatic hydroxyl groups is 1. The largest absolute Gasteiger partial charge is 0.497 e. The average Bonchev–Trinajstić information content (AvgIpc) is 2.34. The summed E-state index contributed by atoms with van der Waals surface area (Å²) in [4.78, 5) is 0. The quantitative estimate of drug-likeness (QED) is 0.856. The smallest absolute Gasteiger partial charge is 0.410 e. The summed E-state index contributed by atoms with van der Waals surface area (Å²) >= 11 is 0. The van der Waals surface area contributed by atoms with Crippen LogP contribution in [-0.4, -0.2) is 25.0 Å². The van der Waals surface area contributed by atoms with Gasteiger partial charge in [-0.05, 0) is 30.5 Å². The minimum atomic E-state index is -4.57. The number of rotatable bonds is 5. The third kappa shape index (κ3) is 2.94. The number of alkyl halides is 3. The first-order valence-corrected chi connectivity index (χ1v) is 5.46. The van der Waals surface area contributed by atoms with E-state index < -0.39 is 11.7 Å². The van der Waals surface area contributed by atoms with Gasteiger partial charge in [0.2, 0.25) is 0 Å². The summed E-state index contributed by atoms with van der Waals surface area (Å²) in [6.45, 7) is -0.328. The standard InChI is InChI=1S/C12H16F3NO2/c1-18-10-5-3-9(4-6-10)11(16,7-2-8-17)12(13,14)15/h3-6,17H,2,7-8,16H2,1H3. The van der Waals surface area contributed by atoms with Crippen molar-refractivity contribution in [2.75, 3.05) is 13.7 Å². The first-order chi connectivity index (χ1) is 8.35. The summed E-state index contributed by atoms with van der Waals surface area (Å²) in [5.41, 5.74) is 3.02.